The van der Waals surface area contributed by atoms with Crippen LogP contribution in [-0.2, 0) is 68.3 Å². The molecule has 0 unspecified atom stereocenters. The van der Waals surface area contributed by atoms with Gasteiger partial charge < -0.3 is 69.8 Å². The fourth-order valence-corrected chi connectivity index (χ4v) is 7.29. The molecule has 0 fully saturated rings. The van der Waals surface area contributed by atoms with Crippen LogP contribution in [0.5, 0.6) is 0 Å². The first-order valence-corrected chi connectivity index (χ1v) is 28.3. The van der Waals surface area contributed by atoms with Crippen LogP contribution in [0.25, 0.3) is 22.3 Å². The summed E-state index contributed by atoms with van der Waals surface area (Å²) in [5, 5.41) is 15.7. The van der Waals surface area contributed by atoms with Gasteiger partial charge in [0.1, 0.15) is 17.7 Å². The minimum absolute atomic E-state index is 0.0160. The van der Waals surface area contributed by atoms with E-state index in [-0.39, 0.29) is 68.7 Å². The molecule has 2 aromatic heterocycles. The van der Waals surface area contributed by atoms with Crippen molar-refractivity contribution in [2.75, 3.05) is 138 Å². The standard InChI is InChI=1S/C59H86N10O14/c1-42(2)34-61-54(72)40-68-59(75)51(30-45-10-8-7-9-11-45)69-55(73)41-63-53(71)39-62-52(70)12-14-76-16-18-78-20-22-80-24-26-82-28-29-83-27-25-81-23-21-79-19-17-77-15-13-60-58(74)48-32-46(49-35-64-56(43(3)4)65-36-49)31-47(33-48)50-37-66-57(44(5)6)67-38-50/h7-11,31-33,35-38,42-44,51H,12-30,34,39-41H2,1-6H3,(H,60,74)(H,61,72)(H,62,70)(H,63,71)(H,68,75)(H,69,73)/t51-/m0/s1. The molecule has 0 bridgehead atoms. The van der Waals surface area contributed by atoms with E-state index in [2.05, 4.69) is 51.8 Å². The molecule has 24 nitrogen and oxygen atoms in total. The number of hydrogen-bond donors (Lipinski definition) is 6. The topological polar surface area (TPSA) is 300 Å². The van der Waals surface area contributed by atoms with Gasteiger partial charge in [-0.15, -0.1) is 0 Å². The van der Waals surface area contributed by atoms with E-state index in [9.17, 15) is 28.8 Å². The second kappa shape index (κ2) is 41.2. The molecule has 0 radical (unpaired) electrons. The molecule has 4 rings (SSSR count). The third kappa shape index (κ3) is 30.3. The zero-order valence-electron chi connectivity index (χ0n) is 49.0. The second-order valence-corrected chi connectivity index (χ2v) is 20.0. The summed E-state index contributed by atoms with van der Waals surface area (Å²) >= 11 is 0. The number of rotatable bonds is 44. The van der Waals surface area contributed by atoms with Crippen molar-refractivity contribution in [2.45, 2.75) is 72.3 Å². The summed E-state index contributed by atoms with van der Waals surface area (Å²) in [6, 6.07) is 13.7. The number of hydrogen-bond acceptors (Lipinski definition) is 18. The van der Waals surface area contributed by atoms with Gasteiger partial charge in [0.15, 0.2) is 0 Å². The van der Waals surface area contributed by atoms with Gasteiger partial charge in [0.2, 0.25) is 29.5 Å². The molecule has 6 N–H and O–H groups in total. The Hall–Kier alpha value is -6.90. The zero-order valence-corrected chi connectivity index (χ0v) is 49.0. The van der Waals surface area contributed by atoms with Crippen molar-refractivity contribution < 1.29 is 66.7 Å². The van der Waals surface area contributed by atoms with Crippen LogP contribution >= 0.6 is 0 Å². The molecule has 24 heteroatoms. The van der Waals surface area contributed by atoms with Crippen molar-refractivity contribution in [1.82, 2.24) is 51.8 Å². The Balaban J connectivity index is 0.898. The molecular weight excluding hydrogens is 1070 g/mol. The van der Waals surface area contributed by atoms with Crippen molar-refractivity contribution in [2.24, 2.45) is 5.92 Å². The lowest BCUT2D eigenvalue weighted by Crippen LogP contribution is -2.52. The smallest absolute Gasteiger partial charge is 0.251 e. The van der Waals surface area contributed by atoms with Gasteiger partial charge in [-0.25, -0.2) is 19.9 Å². The van der Waals surface area contributed by atoms with E-state index in [4.69, 9.17) is 37.9 Å². The maximum Gasteiger partial charge on any atom is 0.251 e. The van der Waals surface area contributed by atoms with E-state index < -0.39 is 36.2 Å². The SMILES string of the molecule is CC(C)CNC(=O)CNC(=O)[C@H](Cc1ccccc1)NC(=O)CNC(=O)CNC(=O)CCOCCOCCOCCOCCOCCOCCOCCOCCNC(=O)c1cc(-c2cnc(C(C)C)nc2)cc(-c2cnc(C(C)C)nc2)c1. The molecule has 0 spiro atoms. The van der Waals surface area contributed by atoms with Crippen LogP contribution in [0.1, 0.15) is 87.4 Å². The summed E-state index contributed by atoms with van der Waals surface area (Å²) < 4.78 is 44.3. The summed E-state index contributed by atoms with van der Waals surface area (Å²) in [6.07, 6.45) is 7.30. The minimum atomic E-state index is -0.995. The molecule has 83 heavy (non-hydrogen) atoms. The predicted molar refractivity (Wildman–Crippen MR) is 309 cm³/mol. The van der Waals surface area contributed by atoms with E-state index in [0.717, 1.165) is 39.5 Å². The van der Waals surface area contributed by atoms with Crippen LogP contribution in [0.2, 0.25) is 0 Å². The summed E-state index contributed by atoms with van der Waals surface area (Å²) in [4.78, 5) is 93.6. The number of amides is 6. The highest BCUT2D eigenvalue weighted by Crippen LogP contribution is 2.28. The summed E-state index contributed by atoms with van der Waals surface area (Å²) in [5.41, 5.74) is 4.49. The molecule has 4 aromatic rings. The largest absolute Gasteiger partial charge is 0.379 e. The van der Waals surface area contributed by atoms with E-state index in [1.165, 1.54) is 0 Å². The van der Waals surface area contributed by atoms with Gasteiger partial charge in [0.05, 0.1) is 125 Å². The van der Waals surface area contributed by atoms with E-state index in [0.29, 0.717) is 111 Å². The average molecular weight is 1160 g/mol. The van der Waals surface area contributed by atoms with Gasteiger partial charge in [-0.2, -0.15) is 0 Å². The lowest BCUT2D eigenvalue weighted by Gasteiger charge is -2.19. The fraction of sp³-hybridized carbons (Fsp3) is 0.559. The van der Waals surface area contributed by atoms with Crippen molar-refractivity contribution in [3.63, 3.8) is 0 Å². The van der Waals surface area contributed by atoms with Crippen LogP contribution in [0, 0.1) is 5.92 Å². The molecule has 0 saturated carbocycles. The number of nitrogens with zero attached hydrogens (tertiary/aromatic N) is 4. The Labute approximate surface area is 487 Å². The number of carbonyl (C=O) groups is 6. The highest BCUT2D eigenvalue weighted by atomic mass is 16.6. The lowest BCUT2D eigenvalue weighted by molar-refractivity contribution is -0.131. The maximum atomic E-state index is 13.3. The monoisotopic (exact) mass is 1160 g/mol. The van der Waals surface area contributed by atoms with Gasteiger partial charge in [-0.05, 0) is 40.8 Å². The first-order chi connectivity index (χ1) is 40.2. The number of ether oxygens (including phenoxy) is 8. The van der Waals surface area contributed by atoms with Crippen LogP contribution in [-0.4, -0.2) is 200 Å². The normalized spacial score (nSPS) is 11.6. The van der Waals surface area contributed by atoms with Crippen LogP contribution < -0.4 is 31.9 Å². The number of aromatic nitrogens is 4. The summed E-state index contributed by atoms with van der Waals surface area (Å²) in [6.45, 7) is 17.6. The Kier molecular flexibility index (Phi) is 34.0. The Bertz CT molecular complexity index is 2440. The Morgan fingerprint density at radius 1 is 0.434 bits per heavy atom. The second-order valence-electron chi connectivity index (χ2n) is 20.0. The molecule has 2 heterocycles. The zero-order chi connectivity index (χ0) is 59.9. The third-order valence-corrected chi connectivity index (χ3v) is 11.8. The maximum absolute atomic E-state index is 13.3. The molecule has 0 aliphatic carbocycles. The van der Waals surface area contributed by atoms with Gasteiger partial charge in [0.25, 0.3) is 5.91 Å². The highest BCUT2D eigenvalue weighted by Gasteiger charge is 2.23. The van der Waals surface area contributed by atoms with Crippen molar-refractivity contribution in [3.8, 4) is 22.3 Å². The molecule has 456 valence electrons. The Morgan fingerprint density at radius 2 is 0.843 bits per heavy atom. The van der Waals surface area contributed by atoms with Crippen molar-refractivity contribution in [3.05, 3.63) is 96.1 Å². The summed E-state index contributed by atoms with van der Waals surface area (Å²) in [7, 11) is 0. The molecule has 0 aliphatic heterocycles. The van der Waals surface area contributed by atoms with Gasteiger partial charge in [0, 0.05) is 79.2 Å². The van der Waals surface area contributed by atoms with E-state index in [1.54, 1.807) is 36.9 Å². The predicted octanol–water partition coefficient (Wildman–Crippen LogP) is 2.95. The minimum Gasteiger partial charge on any atom is -0.379 e. The third-order valence-electron chi connectivity index (χ3n) is 11.8. The van der Waals surface area contributed by atoms with Gasteiger partial charge >= 0.3 is 0 Å². The van der Waals surface area contributed by atoms with E-state index in [1.807, 2.05) is 77.9 Å². The fourth-order valence-electron chi connectivity index (χ4n) is 7.29. The lowest BCUT2D eigenvalue weighted by atomic mass is 9.98. The summed E-state index contributed by atoms with van der Waals surface area (Å²) in [5.74, 6) is -0.612. The quantitative estimate of drug-likeness (QED) is 0.0347. The highest BCUT2D eigenvalue weighted by molar-refractivity contribution is 5.97. The van der Waals surface area contributed by atoms with Crippen molar-refractivity contribution >= 4 is 35.4 Å². The van der Waals surface area contributed by atoms with Gasteiger partial charge in [-0.1, -0.05) is 71.9 Å². The molecule has 2 aromatic carbocycles. The molecule has 0 saturated heterocycles. The molecule has 6 amide bonds. The number of carbonyl (C=O) groups excluding carboxylic acids is 6. The molecular formula is C59H86N10O14. The Morgan fingerprint density at radius 3 is 1.30 bits per heavy atom. The first-order valence-electron chi connectivity index (χ1n) is 28.3. The number of nitrogens with one attached hydrogen (secondary N) is 6. The van der Waals surface area contributed by atoms with Crippen LogP contribution in [0.3, 0.4) is 0 Å². The molecule has 1 atom stereocenters. The van der Waals surface area contributed by atoms with Crippen molar-refractivity contribution in [1.29, 1.82) is 0 Å². The average Bonchev–Trinajstić information content (AvgIpc) is 3.67. The van der Waals surface area contributed by atoms with Crippen LogP contribution in [0.15, 0.2) is 73.3 Å². The van der Waals surface area contributed by atoms with Crippen LogP contribution in [0.4, 0.5) is 0 Å². The first kappa shape index (κ1) is 68.6. The van der Waals surface area contributed by atoms with E-state index >= 15 is 0 Å². The number of benzene rings is 2. The molecule has 0 aliphatic rings. The van der Waals surface area contributed by atoms with Gasteiger partial charge in [-0.3, -0.25) is 28.8 Å².